The lowest BCUT2D eigenvalue weighted by molar-refractivity contribution is -0.117. The highest BCUT2D eigenvalue weighted by Crippen LogP contribution is 2.37. The van der Waals surface area contributed by atoms with Crippen LogP contribution < -0.4 is 20.1 Å². The molecule has 1 fully saturated rings. The first-order chi connectivity index (χ1) is 16.5. The summed E-state index contributed by atoms with van der Waals surface area (Å²) in [6.07, 6.45) is 4.11. The van der Waals surface area contributed by atoms with E-state index in [1.165, 1.54) is 19.9 Å². The predicted octanol–water partition coefficient (Wildman–Crippen LogP) is 4.07. The molecule has 4 rings (SSSR count). The summed E-state index contributed by atoms with van der Waals surface area (Å²) in [6.45, 7) is 1.14. The molecule has 1 aromatic heterocycles. The zero-order chi connectivity index (χ0) is 24.1. The summed E-state index contributed by atoms with van der Waals surface area (Å²) in [6, 6.07) is 16.6. The van der Waals surface area contributed by atoms with E-state index >= 15 is 0 Å². The van der Waals surface area contributed by atoms with Crippen LogP contribution in [0.5, 0.6) is 11.5 Å². The Balaban J connectivity index is 1.48. The van der Waals surface area contributed by atoms with Crippen molar-refractivity contribution in [2.75, 3.05) is 37.9 Å². The number of anilines is 2. The van der Waals surface area contributed by atoms with Crippen molar-refractivity contribution >= 4 is 23.2 Å². The van der Waals surface area contributed by atoms with Crippen LogP contribution >= 0.6 is 0 Å². The Bertz CT molecular complexity index is 1160. The van der Waals surface area contributed by atoms with Gasteiger partial charge in [0.2, 0.25) is 5.91 Å². The van der Waals surface area contributed by atoms with Gasteiger partial charge in [-0.15, -0.1) is 0 Å². The maximum absolute atomic E-state index is 13.0. The topological polar surface area (TPSA) is 84.8 Å². The van der Waals surface area contributed by atoms with Crippen LogP contribution in [-0.2, 0) is 11.8 Å². The average molecular weight is 463 g/mol. The van der Waals surface area contributed by atoms with Gasteiger partial charge in [0.1, 0.15) is 11.5 Å². The highest BCUT2D eigenvalue weighted by molar-refractivity contribution is 6.05. The first-order valence-corrected chi connectivity index (χ1v) is 11.3. The number of carbonyl (C=O) groups excluding carboxylic acids is 2. The number of likely N-dealkylation sites (tertiary alicyclic amines) is 1. The first kappa shape index (κ1) is 23.4. The number of aromatic nitrogens is 1. The van der Waals surface area contributed by atoms with Crippen molar-refractivity contribution < 1.29 is 19.1 Å². The van der Waals surface area contributed by atoms with E-state index in [4.69, 9.17) is 9.47 Å². The summed E-state index contributed by atoms with van der Waals surface area (Å²) in [7, 11) is 5.06. The van der Waals surface area contributed by atoms with E-state index in [0.717, 1.165) is 19.4 Å². The number of nitrogens with zero attached hydrogens (tertiary/aromatic N) is 2. The number of rotatable bonds is 8. The van der Waals surface area contributed by atoms with Crippen molar-refractivity contribution in [2.24, 2.45) is 7.05 Å². The molecule has 2 aromatic carbocycles. The van der Waals surface area contributed by atoms with Gasteiger partial charge in [-0.05, 0) is 43.7 Å². The fourth-order valence-corrected chi connectivity index (χ4v) is 4.42. The van der Waals surface area contributed by atoms with Crippen molar-refractivity contribution in [3.63, 3.8) is 0 Å². The minimum atomic E-state index is -0.265. The standard InChI is InChI=1S/C26H30N4O4/c1-29-13-7-11-21(29)22-12-8-14-30(22)17-25(31)27-19-15-24(34-3)20(16-23(19)33-2)28-26(32)18-9-5-4-6-10-18/h4-7,9-11,13,15-16,22H,8,12,14,17H2,1-3H3,(H,27,31)(H,28,32)/t22-/m0/s1. The molecule has 8 heteroatoms. The van der Waals surface area contributed by atoms with Gasteiger partial charge in [-0.2, -0.15) is 0 Å². The second-order valence-corrected chi connectivity index (χ2v) is 8.29. The lowest BCUT2D eigenvalue weighted by atomic mass is 10.1. The van der Waals surface area contributed by atoms with Crippen molar-refractivity contribution in [1.29, 1.82) is 0 Å². The molecular formula is C26H30N4O4. The Labute approximate surface area is 199 Å². The quantitative estimate of drug-likeness (QED) is 0.527. The first-order valence-electron chi connectivity index (χ1n) is 11.3. The largest absolute Gasteiger partial charge is 0.494 e. The average Bonchev–Trinajstić information content (AvgIpc) is 3.48. The van der Waals surface area contributed by atoms with Crippen LogP contribution in [0.2, 0.25) is 0 Å². The number of aryl methyl sites for hydroxylation is 1. The number of nitrogens with one attached hydrogen (secondary N) is 2. The molecule has 2 heterocycles. The summed E-state index contributed by atoms with van der Waals surface area (Å²) in [4.78, 5) is 27.8. The second kappa shape index (κ2) is 10.4. The molecule has 1 atom stereocenters. The summed E-state index contributed by atoms with van der Waals surface area (Å²) < 4.78 is 13.1. The fraction of sp³-hybridized carbons (Fsp3) is 0.308. The number of amides is 2. The van der Waals surface area contributed by atoms with Gasteiger partial charge in [0.15, 0.2) is 0 Å². The third kappa shape index (κ3) is 5.07. The molecule has 1 saturated heterocycles. The Morgan fingerprint density at radius 2 is 1.65 bits per heavy atom. The van der Waals surface area contributed by atoms with Crippen molar-refractivity contribution in [1.82, 2.24) is 9.47 Å². The number of ether oxygens (including phenoxy) is 2. The van der Waals surface area contributed by atoms with Crippen LogP contribution in [0.25, 0.3) is 0 Å². The lowest BCUT2D eigenvalue weighted by Gasteiger charge is -2.25. The maximum Gasteiger partial charge on any atom is 0.255 e. The summed E-state index contributed by atoms with van der Waals surface area (Å²) in [5.41, 5.74) is 2.67. The molecule has 2 amide bonds. The third-order valence-corrected chi connectivity index (χ3v) is 6.12. The fourth-order valence-electron chi connectivity index (χ4n) is 4.42. The monoisotopic (exact) mass is 462 g/mol. The Kier molecular flexibility index (Phi) is 7.18. The minimum absolute atomic E-state index is 0.137. The van der Waals surface area contributed by atoms with Gasteiger partial charge in [0.25, 0.3) is 5.91 Å². The van der Waals surface area contributed by atoms with Crippen LogP contribution in [0.4, 0.5) is 11.4 Å². The molecular weight excluding hydrogens is 432 g/mol. The molecule has 0 unspecified atom stereocenters. The Hall–Kier alpha value is -3.78. The van der Waals surface area contributed by atoms with Crippen LogP contribution in [0.15, 0.2) is 60.8 Å². The highest BCUT2D eigenvalue weighted by atomic mass is 16.5. The van der Waals surface area contributed by atoms with E-state index in [0.29, 0.717) is 28.4 Å². The van der Waals surface area contributed by atoms with E-state index in [1.807, 2.05) is 25.4 Å². The van der Waals surface area contributed by atoms with E-state index < -0.39 is 0 Å². The molecule has 1 aliphatic rings. The zero-order valence-electron chi connectivity index (χ0n) is 19.7. The van der Waals surface area contributed by atoms with Gasteiger partial charge in [0.05, 0.1) is 38.2 Å². The normalized spacial score (nSPS) is 15.7. The van der Waals surface area contributed by atoms with Crippen LogP contribution in [0.3, 0.4) is 0 Å². The number of hydrogen-bond acceptors (Lipinski definition) is 5. The number of methoxy groups -OCH3 is 2. The van der Waals surface area contributed by atoms with E-state index in [-0.39, 0.29) is 24.4 Å². The molecule has 0 bridgehead atoms. The molecule has 178 valence electrons. The van der Waals surface area contributed by atoms with Crippen LogP contribution in [0.1, 0.15) is 34.9 Å². The van der Waals surface area contributed by atoms with Gasteiger partial charge in [-0.3, -0.25) is 14.5 Å². The molecule has 34 heavy (non-hydrogen) atoms. The molecule has 2 N–H and O–H groups in total. The summed E-state index contributed by atoms with van der Waals surface area (Å²) in [5, 5.41) is 5.80. The van der Waals surface area contributed by atoms with E-state index in [9.17, 15) is 9.59 Å². The van der Waals surface area contributed by atoms with Crippen molar-refractivity contribution in [3.05, 3.63) is 72.1 Å². The lowest BCUT2D eigenvalue weighted by Crippen LogP contribution is -2.33. The van der Waals surface area contributed by atoms with E-state index in [2.05, 4.69) is 26.2 Å². The molecule has 3 aromatic rings. The third-order valence-electron chi connectivity index (χ3n) is 6.12. The van der Waals surface area contributed by atoms with Crippen LogP contribution in [0, 0.1) is 0 Å². The number of carbonyl (C=O) groups is 2. The van der Waals surface area contributed by atoms with Gasteiger partial charge >= 0.3 is 0 Å². The van der Waals surface area contributed by atoms with Gasteiger partial charge < -0.3 is 24.7 Å². The molecule has 1 aliphatic heterocycles. The number of hydrogen-bond donors (Lipinski definition) is 2. The molecule has 0 spiro atoms. The zero-order valence-corrected chi connectivity index (χ0v) is 19.7. The maximum atomic E-state index is 13.0. The van der Waals surface area contributed by atoms with Crippen LogP contribution in [-0.4, -0.2) is 48.6 Å². The second-order valence-electron chi connectivity index (χ2n) is 8.29. The highest BCUT2D eigenvalue weighted by Gasteiger charge is 2.29. The number of benzene rings is 2. The van der Waals surface area contributed by atoms with E-state index in [1.54, 1.807) is 36.4 Å². The molecule has 0 radical (unpaired) electrons. The Morgan fingerprint density at radius 3 is 2.26 bits per heavy atom. The van der Waals surface area contributed by atoms with Gasteiger partial charge in [-0.25, -0.2) is 0 Å². The van der Waals surface area contributed by atoms with Crippen molar-refractivity contribution in [3.8, 4) is 11.5 Å². The smallest absolute Gasteiger partial charge is 0.255 e. The minimum Gasteiger partial charge on any atom is -0.494 e. The SMILES string of the molecule is COc1cc(NC(=O)c2ccccc2)c(OC)cc1NC(=O)CN1CCC[C@H]1c1cccn1C. The summed E-state index contributed by atoms with van der Waals surface area (Å²) >= 11 is 0. The Morgan fingerprint density at radius 1 is 0.971 bits per heavy atom. The van der Waals surface area contributed by atoms with Crippen molar-refractivity contribution in [2.45, 2.75) is 18.9 Å². The summed E-state index contributed by atoms with van der Waals surface area (Å²) in [5.74, 6) is 0.446. The molecule has 0 saturated carbocycles. The molecule has 8 nitrogen and oxygen atoms in total. The van der Waals surface area contributed by atoms with Gasteiger partial charge in [-0.1, -0.05) is 18.2 Å². The predicted molar refractivity (Wildman–Crippen MR) is 132 cm³/mol. The molecule has 0 aliphatic carbocycles. The van der Waals surface area contributed by atoms with Gasteiger partial charge in [0, 0.05) is 36.6 Å².